The summed E-state index contributed by atoms with van der Waals surface area (Å²) in [6, 6.07) is 30.9. The van der Waals surface area contributed by atoms with Gasteiger partial charge in [0, 0.05) is 26.2 Å². The van der Waals surface area contributed by atoms with E-state index in [1.807, 2.05) is 11.3 Å². The van der Waals surface area contributed by atoms with Gasteiger partial charge in [0.25, 0.3) is 0 Å². The maximum absolute atomic E-state index is 2.43. The predicted octanol–water partition coefficient (Wildman–Crippen LogP) is 7.46. The van der Waals surface area contributed by atoms with Crippen molar-refractivity contribution >= 4 is 53.3 Å². The molecule has 27 heavy (non-hydrogen) atoms. The van der Waals surface area contributed by atoms with Crippen molar-refractivity contribution in [3.05, 3.63) is 90.5 Å². The lowest BCUT2D eigenvalue weighted by molar-refractivity contribution is 1.20. The van der Waals surface area contributed by atoms with Gasteiger partial charge < -0.3 is 4.57 Å². The number of benzene rings is 4. The van der Waals surface area contributed by atoms with E-state index in [-0.39, 0.29) is 0 Å². The molecule has 1 nitrogen and oxygen atoms in total. The van der Waals surface area contributed by atoms with E-state index in [0.29, 0.717) is 0 Å². The number of hydrogen-bond donors (Lipinski definition) is 0. The molecule has 2 heterocycles. The molecule has 2 heteroatoms. The first-order chi connectivity index (χ1) is 13.3. The van der Waals surface area contributed by atoms with Gasteiger partial charge in [-0.05, 0) is 37.3 Å². The van der Waals surface area contributed by atoms with Gasteiger partial charge >= 0.3 is 0 Å². The minimum atomic E-state index is 1.27. The van der Waals surface area contributed by atoms with Gasteiger partial charge in [0.2, 0.25) is 0 Å². The SMILES string of the molecule is Cc1ccc2c(c1)c1ccccc1n2-c1cccc2c1sc1ccccc12. The third kappa shape index (κ3) is 2.05. The Morgan fingerprint density at radius 1 is 0.630 bits per heavy atom. The Morgan fingerprint density at radius 2 is 1.37 bits per heavy atom. The highest BCUT2D eigenvalue weighted by Gasteiger charge is 2.15. The summed E-state index contributed by atoms with van der Waals surface area (Å²) in [5.41, 5.74) is 5.10. The number of hydrogen-bond acceptors (Lipinski definition) is 1. The molecule has 4 aromatic carbocycles. The minimum Gasteiger partial charge on any atom is -0.308 e. The summed E-state index contributed by atoms with van der Waals surface area (Å²) >= 11 is 1.89. The molecule has 6 aromatic rings. The quantitative estimate of drug-likeness (QED) is 0.286. The van der Waals surface area contributed by atoms with Crippen LogP contribution in [0.5, 0.6) is 0 Å². The molecular weight excluding hydrogens is 346 g/mol. The first-order valence-corrected chi connectivity index (χ1v) is 10.0. The molecule has 0 fully saturated rings. The number of aromatic nitrogens is 1. The van der Waals surface area contributed by atoms with Crippen LogP contribution in [0.15, 0.2) is 84.9 Å². The summed E-state index contributed by atoms with van der Waals surface area (Å²) < 4.78 is 5.13. The topological polar surface area (TPSA) is 4.93 Å². The van der Waals surface area contributed by atoms with E-state index in [9.17, 15) is 0 Å². The fourth-order valence-corrected chi connectivity index (χ4v) is 5.46. The van der Waals surface area contributed by atoms with E-state index in [4.69, 9.17) is 0 Å². The number of aryl methyl sites for hydroxylation is 1. The maximum Gasteiger partial charge on any atom is 0.0640 e. The zero-order valence-electron chi connectivity index (χ0n) is 14.9. The van der Waals surface area contributed by atoms with Crippen LogP contribution in [0.25, 0.3) is 47.7 Å². The Labute approximate surface area is 161 Å². The Bertz CT molecular complexity index is 1480. The lowest BCUT2D eigenvalue weighted by Crippen LogP contribution is -1.93. The Morgan fingerprint density at radius 3 is 2.30 bits per heavy atom. The standard InChI is InChI=1S/C25H17NS/c1-16-13-14-22-20(15-16)17-7-2-4-10-21(17)26(22)23-11-6-9-19-18-8-3-5-12-24(18)27-25(19)23/h2-15H,1H3. The van der Waals surface area contributed by atoms with Crippen LogP contribution in [-0.2, 0) is 0 Å². The fourth-order valence-electron chi connectivity index (χ4n) is 4.25. The normalized spacial score (nSPS) is 11.9. The predicted molar refractivity (Wildman–Crippen MR) is 118 cm³/mol. The lowest BCUT2D eigenvalue weighted by Gasteiger charge is -2.09. The van der Waals surface area contributed by atoms with Crippen LogP contribution in [0.4, 0.5) is 0 Å². The Hall–Kier alpha value is -3.10. The summed E-state index contributed by atoms with van der Waals surface area (Å²) in [5, 5.41) is 5.32. The summed E-state index contributed by atoms with van der Waals surface area (Å²) in [5.74, 6) is 0. The van der Waals surface area contributed by atoms with Gasteiger partial charge in [-0.3, -0.25) is 0 Å². The molecule has 0 amide bonds. The molecule has 0 spiro atoms. The van der Waals surface area contributed by atoms with Crippen LogP contribution in [0, 0.1) is 6.92 Å². The molecule has 0 saturated carbocycles. The van der Waals surface area contributed by atoms with E-state index in [1.165, 1.54) is 53.2 Å². The van der Waals surface area contributed by atoms with Gasteiger partial charge in [-0.1, -0.05) is 60.2 Å². The summed E-state index contributed by atoms with van der Waals surface area (Å²) in [7, 11) is 0. The Balaban J connectivity index is 1.83. The number of rotatable bonds is 1. The first-order valence-electron chi connectivity index (χ1n) is 9.22. The number of para-hydroxylation sites is 1. The molecule has 0 radical (unpaired) electrons. The third-order valence-electron chi connectivity index (χ3n) is 5.45. The van der Waals surface area contributed by atoms with E-state index >= 15 is 0 Å². The monoisotopic (exact) mass is 363 g/mol. The highest BCUT2D eigenvalue weighted by Crippen LogP contribution is 2.40. The number of nitrogens with zero attached hydrogens (tertiary/aromatic N) is 1. The second-order valence-electron chi connectivity index (χ2n) is 7.13. The zero-order chi connectivity index (χ0) is 18.0. The largest absolute Gasteiger partial charge is 0.308 e. The van der Waals surface area contributed by atoms with E-state index in [2.05, 4.69) is 96.4 Å². The molecule has 0 unspecified atom stereocenters. The van der Waals surface area contributed by atoms with Crippen LogP contribution >= 0.6 is 11.3 Å². The molecule has 6 rings (SSSR count). The molecule has 0 saturated heterocycles. The second-order valence-corrected chi connectivity index (χ2v) is 8.18. The molecule has 0 aliphatic rings. The molecule has 0 N–H and O–H groups in total. The summed E-state index contributed by atoms with van der Waals surface area (Å²) in [6.45, 7) is 2.16. The Kier molecular flexibility index (Phi) is 3.03. The van der Waals surface area contributed by atoms with Gasteiger partial charge in [-0.15, -0.1) is 11.3 Å². The molecular formula is C25H17NS. The van der Waals surface area contributed by atoms with Crippen molar-refractivity contribution in [1.29, 1.82) is 0 Å². The van der Waals surface area contributed by atoms with Crippen LogP contribution in [-0.4, -0.2) is 4.57 Å². The molecule has 0 bridgehead atoms. The van der Waals surface area contributed by atoms with E-state index < -0.39 is 0 Å². The van der Waals surface area contributed by atoms with Gasteiger partial charge in [0.15, 0.2) is 0 Å². The average Bonchev–Trinajstić information content (AvgIpc) is 3.24. The van der Waals surface area contributed by atoms with Crippen molar-refractivity contribution in [2.24, 2.45) is 0 Å². The lowest BCUT2D eigenvalue weighted by atomic mass is 10.1. The molecule has 0 aliphatic carbocycles. The number of thiophene rings is 1. The van der Waals surface area contributed by atoms with Crippen molar-refractivity contribution in [3.63, 3.8) is 0 Å². The second kappa shape index (κ2) is 5.45. The van der Waals surface area contributed by atoms with E-state index in [0.717, 1.165) is 0 Å². The van der Waals surface area contributed by atoms with Gasteiger partial charge in [0.1, 0.15) is 0 Å². The van der Waals surface area contributed by atoms with Gasteiger partial charge in [-0.2, -0.15) is 0 Å². The highest BCUT2D eigenvalue weighted by molar-refractivity contribution is 7.26. The van der Waals surface area contributed by atoms with Gasteiger partial charge in [-0.25, -0.2) is 0 Å². The average molecular weight is 363 g/mol. The van der Waals surface area contributed by atoms with Crippen molar-refractivity contribution in [3.8, 4) is 5.69 Å². The zero-order valence-corrected chi connectivity index (χ0v) is 15.8. The smallest absolute Gasteiger partial charge is 0.0640 e. The molecule has 0 atom stereocenters. The van der Waals surface area contributed by atoms with Crippen molar-refractivity contribution in [2.75, 3.05) is 0 Å². The maximum atomic E-state index is 2.43. The first kappa shape index (κ1) is 15.0. The fraction of sp³-hybridized carbons (Fsp3) is 0.0400. The van der Waals surface area contributed by atoms with Crippen molar-refractivity contribution < 1.29 is 0 Å². The van der Waals surface area contributed by atoms with Crippen molar-refractivity contribution in [2.45, 2.75) is 6.92 Å². The third-order valence-corrected chi connectivity index (χ3v) is 6.66. The van der Waals surface area contributed by atoms with Crippen molar-refractivity contribution in [1.82, 2.24) is 4.57 Å². The van der Waals surface area contributed by atoms with E-state index in [1.54, 1.807) is 0 Å². The summed E-state index contributed by atoms with van der Waals surface area (Å²) in [4.78, 5) is 0. The van der Waals surface area contributed by atoms with Crippen LogP contribution in [0.2, 0.25) is 0 Å². The highest BCUT2D eigenvalue weighted by atomic mass is 32.1. The van der Waals surface area contributed by atoms with Crippen LogP contribution < -0.4 is 0 Å². The minimum absolute atomic E-state index is 1.27. The van der Waals surface area contributed by atoms with Gasteiger partial charge in [0.05, 0.1) is 21.4 Å². The molecule has 0 aliphatic heterocycles. The van der Waals surface area contributed by atoms with Crippen LogP contribution in [0.1, 0.15) is 5.56 Å². The molecule has 128 valence electrons. The summed E-state index contributed by atoms with van der Waals surface area (Å²) in [6.07, 6.45) is 0. The molecule has 2 aromatic heterocycles. The van der Waals surface area contributed by atoms with Crippen LogP contribution in [0.3, 0.4) is 0 Å². The number of fused-ring (bicyclic) bond motifs is 6.